The minimum absolute atomic E-state index is 0.331. The van der Waals surface area contributed by atoms with E-state index in [-0.39, 0.29) is 0 Å². The average molecular weight is 242 g/mol. The summed E-state index contributed by atoms with van der Waals surface area (Å²) < 4.78 is 25.6. The third-order valence-corrected chi connectivity index (χ3v) is 3.39. The van der Waals surface area contributed by atoms with Crippen molar-refractivity contribution in [3.63, 3.8) is 0 Å². The first-order valence-corrected chi connectivity index (χ1v) is 6.10. The molecule has 5 heteroatoms. The third kappa shape index (κ3) is 2.52. The molecule has 1 aliphatic heterocycles. The highest BCUT2D eigenvalue weighted by Crippen LogP contribution is 2.22. The highest BCUT2D eigenvalue weighted by atomic mass is 32.2. The first-order valence-electron chi connectivity index (χ1n) is 5.11. The molecule has 1 N–H and O–H groups in total. The van der Waals surface area contributed by atoms with E-state index in [9.17, 15) is 8.78 Å². The molecule has 0 bridgehead atoms. The van der Waals surface area contributed by atoms with Gasteiger partial charge < -0.3 is 5.32 Å². The van der Waals surface area contributed by atoms with E-state index in [1.54, 1.807) is 11.8 Å². The molecular weight excluding hydrogens is 230 g/mol. The molecule has 0 fully saturated rings. The van der Waals surface area contributed by atoms with Gasteiger partial charge in [-0.3, -0.25) is 4.99 Å². The monoisotopic (exact) mass is 242 g/mol. The number of hydrogen-bond donors (Lipinski definition) is 1. The summed E-state index contributed by atoms with van der Waals surface area (Å²) in [5.74, 6) is -0.735. The average Bonchev–Trinajstić information content (AvgIpc) is 2.71. The normalized spacial score (nSPS) is 19.7. The van der Waals surface area contributed by atoms with Crippen LogP contribution >= 0.6 is 11.8 Å². The second-order valence-electron chi connectivity index (χ2n) is 3.56. The molecule has 16 heavy (non-hydrogen) atoms. The smallest absolute Gasteiger partial charge is 0.161 e. The van der Waals surface area contributed by atoms with E-state index in [0.29, 0.717) is 11.7 Å². The van der Waals surface area contributed by atoms with E-state index < -0.39 is 11.6 Å². The minimum atomic E-state index is -0.847. The highest BCUT2D eigenvalue weighted by molar-refractivity contribution is 8.14. The SMILES string of the molecule is CCC1CSC(Nc2ccc(F)c(F)c2)=N1. The van der Waals surface area contributed by atoms with Crippen LogP contribution < -0.4 is 5.32 Å². The van der Waals surface area contributed by atoms with Crippen LogP contribution in [0.3, 0.4) is 0 Å². The van der Waals surface area contributed by atoms with Gasteiger partial charge in [-0.15, -0.1) is 0 Å². The number of thioether (sulfide) groups is 1. The molecule has 1 unspecified atom stereocenters. The fourth-order valence-electron chi connectivity index (χ4n) is 1.39. The van der Waals surface area contributed by atoms with Crippen LogP contribution in [-0.2, 0) is 0 Å². The highest BCUT2D eigenvalue weighted by Gasteiger charge is 2.16. The van der Waals surface area contributed by atoms with E-state index in [2.05, 4.69) is 17.2 Å². The lowest BCUT2D eigenvalue weighted by molar-refractivity contribution is 0.509. The number of rotatable bonds is 2. The predicted octanol–water partition coefficient (Wildman–Crippen LogP) is 3.26. The second kappa shape index (κ2) is 4.82. The Kier molecular flexibility index (Phi) is 3.43. The van der Waals surface area contributed by atoms with Gasteiger partial charge in [-0.05, 0) is 18.6 Å². The van der Waals surface area contributed by atoms with Gasteiger partial charge in [0.25, 0.3) is 0 Å². The van der Waals surface area contributed by atoms with Crippen molar-refractivity contribution in [1.82, 2.24) is 0 Å². The molecule has 0 amide bonds. The van der Waals surface area contributed by atoms with E-state index >= 15 is 0 Å². The van der Waals surface area contributed by atoms with Crippen molar-refractivity contribution in [3.05, 3.63) is 29.8 Å². The maximum atomic E-state index is 12.9. The summed E-state index contributed by atoms with van der Waals surface area (Å²) in [4.78, 5) is 4.41. The van der Waals surface area contributed by atoms with Gasteiger partial charge in [-0.25, -0.2) is 8.78 Å². The van der Waals surface area contributed by atoms with Gasteiger partial charge in [0.1, 0.15) is 0 Å². The van der Waals surface area contributed by atoms with Gasteiger partial charge >= 0.3 is 0 Å². The van der Waals surface area contributed by atoms with Gasteiger partial charge in [0, 0.05) is 17.5 Å². The van der Waals surface area contributed by atoms with Crippen molar-refractivity contribution in [2.24, 2.45) is 4.99 Å². The second-order valence-corrected chi connectivity index (χ2v) is 4.57. The lowest BCUT2D eigenvalue weighted by Gasteiger charge is -2.04. The van der Waals surface area contributed by atoms with Crippen molar-refractivity contribution in [2.45, 2.75) is 19.4 Å². The molecular formula is C11H12F2N2S. The number of aliphatic imine (C=N–C) groups is 1. The topological polar surface area (TPSA) is 24.4 Å². The molecule has 86 valence electrons. The molecule has 2 rings (SSSR count). The first-order chi connectivity index (χ1) is 7.69. The van der Waals surface area contributed by atoms with Crippen molar-refractivity contribution in [3.8, 4) is 0 Å². The molecule has 2 nitrogen and oxygen atoms in total. The summed E-state index contributed by atoms with van der Waals surface area (Å²) in [6.07, 6.45) is 0.996. The molecule has 0 aliphatic carbocycles. The van der Waals surface area contributed by atoms with Crippen molar-refractivity contribution in [1.29, 1.82) is 0 Å². The van der Waals surface area contributed by atoms with E-state index in [1.165, 1.54) is 6.07 Å². The number of benzene rings is 1. The molecule has 1 aliphatic rings. The lowest BCUT2D eigenvalue weighted by Crippen LogP contribution is -2.05. The summed E-state index contributed by atoms with van der Waals surface area (Å²) in [7, 11) is 0. The quantitative estimate of drug-likeness (QED) is 0.860. The summed E-state index contributed by atoms with van der Waals surface area (Å²) in [5, 5.41) is 3.76. The Labute approximate surface area is 97.1 Å². The zero-order valence-electron chi connectivity index (χ0n) is 8.84. The molecule has 1 heterocycles. The molecule has 1 atom stereocenters. The summed E-state index contributed by atoms with van der Waals surface area (Å²) in [6.45, 7) is 2.08. The predicted molar refractivity (Wildman–Crippen MR) is 64.0 cm³/mol. The Morgan fingerprint density at radius 3 is 2.88 bits per heavy atom. The van der Waals surface area contributed by atoms with Crippen LogP contribution in [0.15, 0.2) is 23.2 Å². The van der Waals surface area contributed by atoms with Gasteiger partial charge in [-0.1, -0.05) is 18.7 Å². The van der Waals surface area contributed by atoms with Gasteiger partial charge in [-0.2, -0.15) is 0 Å². The maximum Gasteiger partial charge on any atom is 0.161 e. The Balaban J connectivity index is 2.07. The largest absolute Gasteiger partial charge is 0.335 e. The van der Waals surface area contributed by atoms with Crippen LogP contribution in [0.25, 0.3) is 0 Å². The van der Waals surface area contributed by atoms with Gasteiger partial charge in [0.05, 0.1) is 6.04 Å². The minimum Gasteiger partial charge on any atom is -0.335 e. The van der Waals surface area contributed by atoms with E-state index in [1.807, 2.05) is 0 Å². The van der Waals surface area contributed by atoms with Crippen LogP contribution in [0.2, 0.25) is 0 Å². The third-order valence-electron chi connectivity index (χ3n) is 2.35. The number of anilines is 1. The van der Waals surface area contributed by atoms with Gasteiger partial charge in [0.15, 0.2) is 16.8 Å². The number of nitrogens with one attached hydrogen (secondary N) is 1. The van der Waals surface area contributed by atoms with Crippen LogP contribution in [-0.4, -0.2) is 17.0 Å². The number of amidine groups is 1. The van der Waals surface area contributed by atoms with E-state index in [0.717, 1.165) is 29.5 Å². The Bertz CT molecular complexity index is 420. The Morgan fingerprint density at radius 1 is 1.44 bits per heavy atom. The molecule has 1 aromatic carbocycles. The number of halogens is 2. The van der Waals surface area contributed by atoms with Crippen LogP contribution in [0.4, 0.5) is 14.5 Å². The molecule has 1 aromatic rings. The fraction of sp³-hybridized carbons (Fsp3) is 0.364. The van der Waals surface area contributed by atoms with Gasteiger partial charge in [0.2, 0.25) is 0 Å². The standard InChI is InChI=1S/C11H12F2N2S/c1-2-7-6-16-11(14-7)15-8-3-4-9(12)10(13)5-8/h3-5,7H,2,6H2,1H3,(H,14,15). The van der Waals surface area contributed by atoms with E-state index in [4.69, 9.17) is 0 Å². The zero-order valence-corrected chi connectivity index (χ0v) is 9.65. The Hall–Kier alpha value is -1.10. The lowest BCUT2D eigenvalue weighted by atomic mass is 10.3. The maximum absolute atomic E-state index is 12.9. The molecule has 0 radical (unpaired) electrons. The Morgan fingerprint density at radius 2 is 2.25 bits per heavy atom. The molecule has 0 saturated carbocycles. The number of nitrogens with zero attached hydrogens (tertiary/aromatic N) is 1. The molecule has 0 aromatic heterocycles. The van der Waals surface area contributed by atoms with Crippen molar-refractivity contribution < 1.29 is 8.78 Å². The van der Waals surface area contributed by atoms with Crippen LogP contribution in [0.1, 0.15) is 13.3 Å². The summed E-state index contributed by atoms with van der Waals surface area (Å²) >= 11 is 1.60. The zero-order chi connectivity index (χ0) is 11.5. The molecule has 0 spiro atoms. The molecule has 0 saturated heterocycles. The van der Waals surface area contributed by atoms with Crippen LogP contribution in [0.5, 0.6) is 0 Å². The van der Waals surface area contributed by atoms with Crippen LogP contribution in [0, 0.1) is 11.6 Å². The summed E-state index contributed by atoms with van der Waals surface area (Å²) in [5.41, 5.74) is 0.530. The summed E-state index contributed by atoms with van der Waals surface area (Å²) in [6, 6.07) is 4.07. The first kappa shape index (κ1) is 11.4. The number of hydrogen-bond acceptors (Lipinski definition) is 3. The van der Waals surface area contributed by atoms with Crippen molar-refractivity contribution >= 4 is 22.6 Å². The fourth-order valence-corrected chi connectivity index (χ4v) is 2.46. The van der Waals surface area contributed by atoms with Crippen molar-refractivity contribution in [2.75, 3.05) is 11.1 Å².